The maximum absolute atomic E-state index is 8.70. The van der Waals surface area contributed by atoms with E-state index >= 15 is 0 Å². The summed E-state index contributed by atoms with van der Waals surface area (Å²) in [6.45, 7) is 7.65. The van der Waals surface area contributed by atoms with Crippen LogP contribution in [0.3, 0.4) is 0 Å². The van der Waals surface area contributed by atoms with Gasteiger partial charge in [0.2, 0.25) is 0 Å². The van der Waals surface area contributed by atoms with Gasteiger partial charge in [-0.1, -0.05) is 20.3 Å². The van der Waals surface area contributed by atoms with E-state index in [1.165, 1.54) is 12.8 Å². The fourth-order valence-corrected chi connectivity index (χ4v) is 1.35. The van der Waals surface area contributed by atoms with Crippen LogP contribution in [0.5, 0.6) is 0 Å². The van der Waals surface area contributed by atoms with E-state index in [0.717, 1.165) is 19.6 Å². The number of rotatable bonds is 8. The first-order valence-corrected chi connectivity index (χ1v) is 5.33. The molecule has 0 aliphatic carbocycles. The van der Waals surface area contributed by atoms with Gasteiger partial charge in [-0.25, -0.2) is 0 Å². The van der Waals surface area contributed by atoms with E-state index < -0.39 is 0 Å². The first-order chi connectivity index (χ1) is 6.24. The van der Waals surface area contributed by atoms with Crippen molar-refractivity contribution in [3.8, 4) is 0 Å². The average Bonchev–Trinajstić information content (AvgIpc) is 2.12. The van der Waals surface area contributed by atoms with E-state index in [9.17, 15) is 0 Å². The summed E-state index contributed by atoms with van der Waals surface area (Å²) in [5.41, 5.74) is 5.83. The van der Waals surface area contributed by atoms with Crippen LogP contribution < -0.4 is 5.73 Å². The summed E-state index contributed by atoms with van der Waals surface area (Å²) in [6.07, 6.45) is 3.17. The summed E-state index contributed by atoms with van der Waals surface area (Å²) >= 11 is 0. The number of nitrogens with zero attached hydrogens (tertiary/aromatic N) is 1. The molecule has 0 saturated heterocycles. The zero-order valence-corrected chi connectivity index (χ0v) is 9.00. The van der Waals surface area contributed by atoms with Crippen LogP contribution in [0.15, 0.2) is 0 Å². The second kappa shape index (κ2) is 8.48. The van der Waals surface area contributed by atoms with E-state index in [4.69, 9.17) is 10.8 Å². The van der Waals surface area contributed by atoms with Crippen LogP contribution in [0.25, 0.3) is 0 Å². The molecule has 0 aliphatic rings. The maximum Gasteiger partial charge on any atom is 0.0446 e. The first-order valence-electron chi connectivity index (χ1n) is 5.33. The number of hydrogen-bond donors (Lipinski definition) is 2. The first kappa shape index (κ1) is 12.9. The van der Waals surface area contributed by atoms with Crippen LogP contribution in [0.2, 0.25) is 0 Å². The van der Waals surface area contributed by atoms with Crippen molar-refractivity contribution >= 4 is 0 Å². The molecule has 0 rings (SSSR count). The highest BCUT2D eigenvalue weighted by atomic mass is 16.3. The summed E-state index contributed by atoms with van der Waals surface area (Å²) in [7, 11) is 0. The van der Waals surface area contributed by atoms with E-state index in [-0.39, 0.29) is 12.6 Å². The number of hydrogen-bond acceptors (Lipinski definition) is 3. The highest BCUT2D eigenvalue weighted by Gasteiger charge is 2.07. The molecule has 13 heavy (non-hydrogen) atoms. The Morgan fingerprint density at radius 2 is 2.08 bits per heavy atom. The molecule has 0 amide bonds. The number of likely N-dealkylation sites (N-methyl/N-ethyl adjacent to an activating group) is 1. The fraction of sp³-hybridized carbons (Fsp3) is 1.00. The molecule has 0 heterocycles. The highest BCUT2D eigenvalue weighted by Crippen LogP contribution is 1.97. The Morgan fingerprint density at radius 3 is 2.54 bits per heavy atom. The molecule has 3 nitrogen and oxygen atoms in total. The van der Waals surface area contributed by atoms with Crippen molar-refractivity contribution in [2.75, 3.05) is 26.2 Å². The largest absolute Gasteiger partial charge is 0.396 e. The molecule has 0 spiro atoms. The monoisotopic (exact) mass is 188 g/mol. The number of aliphatic hydroxyl groups is 1. The van der Waals surface area contributed by atoms with Crippen LogP contribution in [0.1, 0.15) is 33.1 Å². The molecule has 1 unspecified atom stereocenters. The van der Waals surface area contributed by atoms with Crippen LogP contribution in [0, 0.1) is 0 Å². The van der Waals surface area contributed by atoms with Crippen molar-refractivity contribution in [1.29, 1.82) is 0 Å². The minimum atomic E-state index is 0.127. The Kier molecular flexibility index (Phi) is 8.40. The van der Waals surface area contributed by atoms with E-state index in [2.05, 4.69) is 18.7 Å². The molecular formula is C10H24N2O. The minimum Gasteiger partial charge on any atom is -0.396 e. The molecule has 0 aliphatic heterocycles. The molecule has 3 heteroatoms. The predicted molar refractivity (Wildman–Crippen MR) is 56.7 cm³/mol. The second-order valence-electron chi connectivity index (χ2n) is 3.52. The molecule has 1 atom stereocenters. The number of unbranched alkanes of at least 4 members (excludes halogenated alkanes) is 1. The molecule has 0 radical (unpaired) electrons. The lowest BCUT2D eigenvalue weighted by Gasteiger charge is -2.23. The molecule has 0 aromatic heterocycles. The van der Waals surface area contributed by atoms with Gasteiger partial charge in [0.05, 0.1) is 0 Å². The summed E-state index contributed by atoms with van der Waals surface area (Å²) in [5.74, 6) is 0. The van der Waals surface area contributed by atoms with Gasteiger partial charge in [-0.05, 0) is 25.9 Å². The number of aliphatic hydroxyl groups excluding tert-OH is 1. The molecule has 0 fully saturated rings. The third-order valence-corrected chi connectivity index (χ3v) is 2.27. The van der Waals surface area contributed by atoms with Gasteiger partial charge in [0.1, 0.15) is 0 Å². The van der Waals surface area contributed by atoms with Crippen LogP contribution in [0.4, 0.5) is 0 Å². The van der Waals surface area contributed by atoms with Gasteiger partial charge >= 0.3 is 0 Å². The van der Waals surface area contributed by atoms with E-state index in [1.54, 1.807) is 0 Å². The van der Waals surface area contributed by atoms with Crippen molar-refractivity contribution in [3.05, 3.63) is 0 Å². The van der Waals surface area contributed by atoms with Gasteiger partial charge in [-0.15, -0.1) is 0 Å². The van der Waals surface area contributed by atoms with Crippen molar-refractivity contribution in [3.63, 3.8) is 0 Å². The maximum atomic E-state index is 8.70. The van der Waals surface area contributed by atoms with Crippen molar-refractivity contribution in [2.45, 2.75) is 39.2 Å². The Hall–Kier alpha value is -0.120. The lowest BCUT2D eigenvalue weighted by atomic mass is 10.2. The van der Waals surface area contributed by atoms with Gasteiger partial charge in [0, 0.05) is 19.2 Å². The SMILES string of the molecule is CCCCN(CC)CC(N)CCO. The average molecular weight is 188 g/mol. The van der Waals surface area contributed by atoms with Gasteiger partial charge in [0.15, 0.2) is 0 Å². The topological polar surface area (TPSA) is 49.5 Å². The Labute approximate surface area is 81.9 Å². The smallest absolute Gasteiger partial charge is 0.0446 e. The molecule has 0 saturated carbocycles. The molecule has 0 aromatic rings. The highest BCUT2D eigenvalue weighted by molar-refractivity contribution is 4.67. The predicted octanol–water partition coefficient (Wildman–Crippen LogP) is 0.818. The zero-order valence-electron chi connectivity index (χ0n) is 9.00. The van der Waals surface area contributed by atoms with E-state index in [0.29, 0.717) is 6.42 Å². The third kappa shape index (κ3) is 6.99. The lowest BCUT2D eigenvalue weighted by Crippen LogP contribution is -2.38. The Balaban J connectivity index is 3.56. The van der Waals surface area contributed by atoms with E-state index in [1.807, 2.05) is 0 Å². The summed E-state index contributed by atoms with van der Waals surface area (Å²) in [4.78, 5) is 2.35. The van der Waals surface area contributed by atoms with Gasteiger partial charge < -0.3 is 15.7 Å². The van der Waals surface area contributed by atoms with Crippen LogP contribution in [-0.4, -0.2) is 42.3 Å². The van der Waals surface area contributed by atoms with Crippen molar-refractivity contribution in [1.82, 2.24) is 4.90 Å². The van der Waals surface area contributed by atoms with Crippen LogP contribution >= 0.6 is 0 Å². The van der Waals surface area contributed by atoms with Gasteiger partial charge in [-0.2, -0.15) is 0 Å². The Bertz CT molecular complexity index is 109. The van der Waals surface area contributed by atoms with Gasteiger partial charge in [-0.3, -0.25) is 0 Å². The minimum absolute atomic E-state index is 0.127. The van der Waals surface area contributed by atoms with Crippen molar-refractivity contribution in [2.24, 2.45) is 5.73 Å². The third-order valence-electron chi connectivity index (χ3n) is 2.27. The van der Waals surface area contributed by atoms with Crippen molar-refractivity contribution < 1.29 is 5.11 Å². The molecule has 0 aromatic carbocycles. The quantitative estimate of drug-likeness (QED) is 0.593. The molecule has 3 N–H and O–H groups in total. The molecular weight excluding hydrogens is 164 g/mol. The number of nitrogens with two attached hydrogens (primary N) is 1. The summed E-state index contributed by atoms with van der Waals surface area (Å²) in [6, 6.07) is 0.127. The Morgan fingerprint density at radius 1 is 1.38 bits per heavy atom. The lowest BCUT2D eigenvalue weighted by molar-refractivity contribution is 0.228. The molecule has 80 valence electrons. The normalized spacial score (nSPS) is 13.6. The summed E-state index contributed by atoms with van der Waals surface area (Å²) < 4.78 is 0. The van der Waals surface area contributed by atoms with Crippen LogP contribution in [-0.2, 0) is 0 Å². The fourth-order valence-electron chi connectivity index (χ4n) is 1.35. The molecule has 0 bridgehead atoms. The summed E-state index contributed by atoms with van der Waals surface area (Å²) in [5, 5.41) is 8.70. The zero-order chi connectivity index (χ0) is 10.1. The van der Waals surface area contributed by atoms with Gasteiger partial charge in [0.25, 0.3) is 0 Å². The standard InChI is InChI=1S/C10H24N2O/c1-3-5-7-12(4-2)9-10(11)6-8-13/h10,13H,3-9,11H2,1-2H3. The second-order valence-corrected chi connectivity index (χ2v) is 3.52.